The molecule has 0 radical (unpaired) electrons. The third-order valence-corrected chi connectivity index (χ3v) is 3.84. The van der Waals surface area contributed by atoms with Crippen molar-refractivity contribution in [3.8, 4) is 16.9 Å². The number of hydrogen-bond donors (Lipinski definition) is 1. The second-order valence-electron chi connectivity index (χ2n) is 5.35. The number of fused-ring (bicyclic) bond motifs is 1. The lowest BCUT2D eigenvalue weighted by Crippen LogP contribution is -2.05. The fourth-order valence-electron chi connectivity index (χ4n) is 2.66. The molecule has 3 aromatic rings. The molecule has 0 atom stereocenters. The Morgan fingerprint density at radius 1 is 1.25 bits per heavy atom. The molecule has 0 bridgehead atoms. The first-order chi connectivity index (χ1) is 11.5. The molecule has 0 saturated heterocycles. The summed E-state index contributed by atoms with van der Waals surface area (Å²) < 4.78 is 24.5. The van der Waals surface area contributed by atoms with Crippen LogP contribution < -0.4 is 4.74 Å². The summed E-state index contributed by atoms with van der Waals surface area (Å²) in [7, 11) is 1.49. The van der Waals surface area contributed by atoms with Gasteiger partial charge in [0.15, 0.2) is 5.69 Å². The second kappa shape index (κ2) is 6.31. The van der Waals surface area contributed by atoms with E-state index < -0.39 is 11.8 Å². The van der Waals surface area contributed by atoms with Gasteiger partial charge in [-0.2, -0.15) is 5.10 Å². The maximum atomic E-state index is 14.4. The van der Waals surface area contributed by atoms with E-state index in [0.29, 0.717) is 27.8 Å². The number of H-pyrrole nitrogens is 1. The molecule has 0 aliphatic rings. The molecule has 0 saturated carbocycles. The van der Waals surface area contributed by atoms with E-state index in [1.165, 1.54) is 13.2 Å². The second-order valence-corrected chi connectivity index (χ2v) is 5.35. The average molecular weight is 328 g/mol. The minimum absolute atomic E-state index is 0.196. The molecule has 0 aliphatic carbocycles. The predicted molar refractivity (Wildman–Crippen MR) is 88.7 cm³/mol. The van der Waals surface area contributed by atoms with Gasteiger partial charge in [-0.25, -0.2) is 9.18 Å². The average Bonchev–Trinajstić information content (AvgIpc) is 2.97. The van der Waals surface area contributed by atoms with Crippen LogP contribution in [0.4, 0.5) is 4.39 Å². The number of carbonyl (C=O) groups excluding carboxylic acids is 1. The first-order valence-corrected chi connectivity index (χ1v) is 7.55. The summed E-state index contributed by atoms with van der Waals surface area (Å²) in [6.07, 6.45) is 0. The summed E-state index contributed by atoms with van der Waals surface area (Å²) in [5, 5.41) is 7.44. The standard InChI is InChI=1S/C18H17FN2O3/c1-4-24-18(22)17-14-9-13(10(2)7-16(14)20-21-17)12-6-5-11(23-3)8-15(12)19/h5-9H,4H2,1-3H3,(H,20,21). The van der Waals surface area contributed by atoms with Crippen molar-refractivity contribution in [2.45, 2.75) is 13.8 Å². The van der Waals surface area contributed by atoms with Crippen molar-refractivity contribution >= 4 is 16.9 Å². The van der Waals surface area contributed by atoms with Crippen molar-refractivity contribution in [1.82, 2.24) is 10.2 Å². The number of aromatic nitrogens is 2. The van der Waals surface area contributed by atoms with Crippen LogP contribution in [-0.4, -0.2) is 29.9 Å². The van der Waals surface area contributed by atoms with Gasteiger partial charge in [-0.05, 0) is 49.2 Å². The lowest BCUT2D eigenvalue weighted by Gasteiger charge is -2.09. The number of nitrogens with one attached hydrogen (secondary N) is 1. The highest BCUT2D eigenvalue weighted by Gasteiger charge is 2.18. The fraction of sp³-hybridized carbons (Fsp3) is 0.222. The number of benzene rings is 2. The van der Waals surface area contributed by atoms with Gasteiger partial charge in [-0.3, -0.25) is 5.10 Å². The summed E-state index contributed by atoms with van der Waals surface area (Å²) in [6, 6.07) is 8.28. The Hall–Kier alpha value is -2.89. The molecule has 0 unspecified atom stereocenters. The number of esters is 1. The Balaban J connectivity index is 2.16. The number of nitrogens with zero attached hydrogens (tertiary/aromatic N) is 1. The largest absolute Gasteiger partial charge is 0.497 e. The maximum absolute atomic E-state index is 14.4. The topological polar surface area (TPSA) is 64.2 Å². The molecular formula is C18H17FN2O3. The Kier molecular flexibility index (Phi) is 4.20. The Bertz CT molecular complexity index is 918. The zero-order valence-electron chi connectivity index (χ0n) is 13.6. The van der Waals surface area contributed by atoms with Crippen molar-refractivity contribution in [3.63, 3.8) is 0 Å². The molecule has 1 N–H and O–H groups in total. The monoisotopic (exact) mass is 328 g/mol. The molecule has 6 heteroatoms. The first-order valence-electron chi connectivity index (χ1n) is 7.55. The van der Waals surface area contributed by atoms with Crippen LogP contribution in [0.5, 0.6) is 5.75 Å². The zero-order valence-corrected chi connectivity index (χ0v) is 13.6. The third-order valence-electron chi connectivity index (χ3n) is 3.84. The van der Waals surface area contributed by atoms with Crippen LogP contribution >= 0.6 is 0 Å². The van der Waals surface area contributed by atoms with Gasteiger partial charge in [0.05, 0.1) is 19.2 Å². The number of aromatic amines is 1. The summed E-state index contributed by atoms with van der Waals surface area (Å²) in [5.41, 5.74) is 2.89. The smallest absolute Gasteiger partial charge is 0.359 e. The highest BCUT2D eigenvalue weighted by molar-refractivity contribution is 6.03. The van der Waals surface area contributed by atoms with Crippen LogP contribution in [0.1, 0.15) is 23.0 Å². The summed E-state index contributed by atoms with van der Waals surface area (Å²) in [6.45, 7) is 3.87. The van der Waals surface area contributed by atoms with Gasteiger partial charge in [0.25, 0.3) is 0 Å². The molecule has 1 aromatic heterocycles. The maximum Gasteiger partial charge on any atom is 0.359 e. The highest BCUT2D eigenvalue weighted by atomic mass is 19.1. The lowest BCUT2D eigenvalue weighted by atomic mass is 9.97. The predicted octanol–water partition coefficient (Wildman–Crippen LogP) is 3.86. The molecule has 2 aromatic carbocycles. The molecule has 124 valence electrons. The van der Waals surface area contributed by atoms with E-state index >= 15 is 0 Å². The number of ether oxygens (including phenoxy) is 2. The van der Waals surface area contributed by atoms with Crippen LogP contribution in [0, 0.1) is 12.7 Å². The molecule has 24 heavy (non-hydrogen) atoms. The van der Waals surface area contributed by atoms with Crippen LogP contribution in [0.25, 0.3) is 22.0 Å². The lowest BCUT2D eigenvalue weighted by molar-refractivity contribution is 0.0521. The van der Waals surface area contributed by atoms with Crippen LogP contribution in [0.2, 0.25) is 0 Å². The van der Waals surface area contributed by atoms with Crippen molar-refractivity contribution in [3.05, 3.63) is 47.4 Å². The fourth-order valence-corrected chi connectivity index (χ4v) is 2.66. The minimum atomic E-state index is -0.506. The van der Waals surface area contributed by atoms with E-state index in [1.54, 1.807) is 25.1 Å². The van der Waals surface area contributed by atoms with E-state index in [-0.39, 0.29) is 12.3 Å². The number of hydrogen-bond acceptors (Lipinski definition) is 4. The number of halogens is 1. The van der Waals surface area contributed by atoms with Gasteiger partial charge in [-0.1, -0.05) is 0 Å². The summed E-state index contributed by atoms with van der Waals surface area (Å²) in [4.78, 5) is 12.0. The highest BCUT2D eigenvalue weighted by Crippen LogP contribution is 2.32. The van der Waals surface area contributed by atoms with Crippen LogP contribution in [0.3, 0.4) is 0 Å². The number of carbonyl (C=O) groups is 1. The van der Waals surface area contributed by atoms with Gasteiger partial charge >= 0.3 is 5.97 Å². The number of methoxy groups -OCH3 is 1. The minimum Gasteiger partial charge on any atom is -0.497 e. The summed E-state index contributed by atoms with van der Waals surface area (Å²) in [5.74, 6) is -0.447. The normalized spacial score (nSPS) is 10.8. The van der Waals surface area contributed by atoms with E-state index in [2.05, 4.69) is 10.2 Å². The van der Waals surface area contributed by atoms with E-state index in [0.717, 1.165) is 5.56 Å². The zero-order chi connectivity index (χ0) is 17.3. The summed E-state index contributed by atoms with van der Waals surface area (Å²) >= 11 is 0. The van der Waals surface area contributed by atoms with E-state index in [4.69, 9.17) is 9.47 Å². The molecule has 0 amide bonds. The van der Waals surface area contributed by atoms with Gasteiger partial charge in [0, 0.05) is 17.0 Å². The molecule has 0 aliphatic heterocycles. The Labute approximate surface area is 138 Å². The first kappa shape index (κ1) is 16.0. The molecule has 0 fully saturated rings. The third kappa shape index (κ3) is 2.71. The Morgan fingerprint density at radius 2 is 2.04 bits per heavy atom. The Morgan fingerprint density at radius 3 is 2.71 bits per heavy atom. The quantitative estimate of drug-likeness (QED) is 0.739. The van der Waals surface area contributed by atoms with Crippen molar-refractivity contribution in [2.75, 3.05) is 13.7 Å². The van der Waals surface area contributed by atoms with E-state index in [9.17, 15) is 9.18 Å². The van der Waals surface area contributed by atoms with Crippen LogP contribution in [-0.2, 0) is 4.74 Å². The molecule has 1 heterocycles. The van der Waals surface area contributed by atoms with Crippen molar-refractivity contribution in [2.24, 2.45) is 0 Å². The van der Waals surface area contributed by atoms with Gasteiger partial charge in [-0.15, -0.1) is 0 Å². The van der Waals surface area contributed by atoms with Gasteiger partial charge in [0.2, 0.25) is 0 Å². The van der Waals surface area contributed by atoms with Crippen LogP contribution in [0.15, 0.2) is 30.3 Å². The number of rotatable bonds is 4. The van der Waals surface area contributed by atoms with E-state index in [1.807, 2.05) is 13.0 Å². The van der Waals surface area contributed by atoms with Gasteiger partial charge < -0.3 is 9.47 Å². The van der Waals surface area contributed by atoms with Gasteiger partial charge in [0.1, 0.15) is 11.6 Å². The van der Waals surface area contributed by atoms with Crippen molar-refractivity contribution < 1.29 is 18.7 Å². The molecule has 3 rings (SSSR count). The molecule has 0 spiro atoms. The molecular weight excluding hydrogens is 311 g/mol. The number of aryl methyl sites for hydroxylation is 1. The SMILES string of the molecule is CCOC(=O)c1n[nH]c2cc(C)c(-c3ccc(OC)cc3F)cc12. The van der Waals surface area contributed by atoms with Crippen molar-refractivity contribution in [1.29, 1.82) is 0 Å². The molecule has 5 nitrogen and oxygen atoms in total.